The highest BCUT2D eigenvalue weighted by molar-refractivity contribution is 5.47. The first-order chi connectivity index (χ1) is 10.2. The van der Waals surface area contributed by atoms with Gasteiger partial charge in [0.1, 0.15) is 0 Å². The van der Waals surface area contributed by atoms with Crippen molar-refractivity contribution < 1.29 is 9.47 Å². The van der Waals surface area contributed by atoms with Crippen LogP contribution in [0.15, 0.2) is 24.3 Å². The molecule has 0 heterocycles. The summed E-state index contributed by atoms with van der Waals surface area (Å²) in [6.45, 7) is 9.63. The van der Waals surface area contributed by atoms with Crippen LogP contribution in [-0.2, 0) is 16.0 Å². The first-order valence-corrected chi connectivity index (χ1v) is 7.69. The lowest BCUT2D eigenvalue weighted by Gasteiger charge is -2.24. The number of benzene rings is 1. The number of nitrogens with zero attached hydrogens (tertiary/aromatic N) is 1. The van der Waals surface area contributed by atoms with Crippen molar-refractivity contribution in [2.45, 2.75) is 20.4 Å². The number of nitrogens with one attached hydrogen (secondary N) is 1. The van der Waals surface area contributed by atoms with Gasteiger partial charge in [0.05, 0.1) is 13.2 Å². The molecule has 0 aromatic heterocycles. The molecule has 0 unspecified atom stereocenters. The van der Waals surface area contributed by atoms with Crippen LogP contribution in [0.2, 0.25) is 0 Å². The van der Waals surface area contributed by atoms with Crippen LogP contribution in [0.5, 0.6) is 0 Å². The minimum atomic E-state index is 0.683. The molecule has 0 spiro atoms. The summed E-state index contributed by atoms with van der Waals surface area (Å²) in [6.07, 6.45) is 0. The molecule has 0 amide bonds. The Balaban J connectivity index is 2.55. The van der Waals surface area contributed by atoms with Crippen molar-refractivity contribution in [3.8, 4) is 0 Å². The Morgan fingerprint density at radius 3 is 2.05 bits per heavy atom. The van der Waals surface area contributed by atoms with E-state index >= 15 is 0 Å². The highest BCUT2D eigenvalue weighted by atomic mass is 16.5. The molecule has 0 saturated carbocycles. The maximum Gasteiger partial charge on any atom is 0.0637 e. The Labute approximate surface area is 129 Å². The molecule has 120 valence electrons. The quantitative estimate of drug-likeness (QED) is 0.680. The normalized spacial score (nSPS) is 11.1. The average molecular weight is 294 g/mol. The topological polar surface area (TPSA) is 33.7 Å². The number of hydrogen-bond acceptors (Lipinski definition) is 4. The van der Waals surface area contributed by atoms with Gasteiger partial charge in [-0.15, -0.1) is 0 Å². The fourth-order valence-electron chi connectivity index (χ4n) is 2.10. The number of rotatable bonds is 11. The van der Waals surface area contributed by atoms with Crippen LogP contribution in [-0.4, -0.2) is 47.1 Å². The van der Waals surface area contributed by atoms with E-state index < -0.39 is 0 Å². The minimum Gasteiger partial charge on any atom is -0.383 e. The Bertz CT molecular complexity index is 358. The van der Waals surface area contributed by atoms with Crippen LogP contribution in [0.1, 0.15) is 19.4 Å². The lowest BCUT2D eigenvalue weighted by atomic mass is 10.1. The van der Waals surface area contributed by atoms with Gasteiger partial charge in [-0.25, -0.2) is 0 Å². The first kappa shape index (κ1) is 18.0. The van der Waals surface area contributed by atoms with Gasteiger partial charge >= 0.3 is 0 Å². The monoisotopic (exact) mass is 294 g/mol. The van der Waals surface area contributed by atoms with Crippen LogP contribution in [0.25, 0.3) is 0 Å². The summed E-state index contributed by atoms with van der Waals surface area (Å²) in [5, 5.41) is 3.46. The van der Waals surface area contributed by atoms with Gasteiger partial charge in [-0.05, 0) is 30.2 Å². The van der Waals surface area contributed by atoms with Crippen LogP contribution in [0.3, 0.4) is 0 Å². The molecule has 4 heteroatoms. The van der Waals surface area contributed by atoms with Gasteiger partial charge in [0.25, 0.3) is 0 Å². The molecule has 1 aromatic carbocycles. The smallest absolute Gasteiger partial charge is 0.0637 e. The van der Waals surface area contributed by atoms with Gasteiger partial charge in [-0.3, -0.25) is 0 Å². The molecule has 0 saturated heterocycles. The second-order valence-electron chi connectivity index (χ2n) is 5.66. The van der Waals surface area contributed by atoms with Crippen molar-refractivity contribution >= 4 is 5.69 Å². The number of ether oxygens (including phenoxy) is 2. The second kappa shape index (κ2) is 10.6. The molecule has 0 bridgehead atoms. The summed E-state index contributed by atoms with van der Waals surface area (Å²) in [4.78, 5) is 2.29. The molecule has 0 aliphatic rings. The molecule has 1 rings (SSSR count). The summed E-state index contributed by atoms with van der Waals surface area (Å²) >= 11 is 0. The average Bonchev–Trinajstić information content (AvgIpc) is 2.48. The fraction of sp³-hybridized carbons (Fsp3) is 0.647. The Morgan fingerprint density at radius 1 is 1.00 bits per heavy atom. The van der Waals surface area contributed by atoms with E-state index in [2.05, 4.69) is 48.3 Å². The maximum absolute atomic E-state index is 5.18. The molecular formula is C17H30N2O2. The molecule has 0 aliphatic carbocycles. The Morgan fingerprint density at radius 2 is 1.57 bits per heavy atom. The van der Waals surface area contributed by atoms with Gasteiger partial charge < -0.3 is 19.7 Å². The standard InChI is InChI=1S/C17H30N2O2/c1-15(2)13-18-14-16-5-7-17(8-6-16)19(9-11-20-3)10-12-21-4/h5-8,15,18H,9-14H2,1-4H3. The number of methoxy groups -OCH3 is 2. The molecule has 0 radical (unpaired) electrons. The van der Waals surface area contributed by atoms with Crippen molar-refractivity contribution in [3.05, 3.63) is 29.8 Å². The SMILES string of the molecule is COCCN(CCOC)c1ccc(CNCC(C)C)cc1. The van der Waals surface area contributed by atoms with Crippen LogP contribution in [0.4, 0.5) is 5.69 Å². The van der Waals surface area contributed by atoms with Crippen molar-refractivity contribution in [1.29, 1.82) is 0 Å². The predicted octanol–water partition coefficient (Wildman–Crippen LogP) is 2.53. The van der Waals surface area contributed by atoms with E-state index in [0.717, 1.165) is 39.4 Å². The van der Waals surface area contributed by atoms with E-state index in [9.17, 15) is 0 Å². The van der Waals surface area contributed by atoms with E-state index in [1.807, 2.05) is 0 Å². The molecule has 0 fully saturated rings. The minimum absolute atomic E-state index is 0.683. The molecule has 0 atom stereocenters. The van der Waals surface area contributed by atoms with Gasteiger partial charge in [0.2, 0.25) is 0 Å². The zero-order valence-electron chi connectivity index (χ0n) is 13.9. The zero-order chi connectivity index (χ0) is 15.5. The predicted molar refractivity (Wildman–Crippen MR) is 89.0 cm³/mol. The van der Waals surface area contributed by atoms with E-state index in [-0.39, 0.29) is 0 Å². The Hall–Kier alpha value is -1.10. The zero-order valence-corrected chi connectivity index (χ0v) is 13.9. The van der Waals surface area contributed by atoms with Crippen molar-refractivity contribution in [2.75, 3.05) is 52.0 Å². The highest BCUT2D eigenvalue weighted by Crippen LogP contribution is 2.15. The third-order valence-electron chi connectivity index (χ3n) is 3.31. The van der Waals surface area contributed by atoms with Crippen LogP contribution < -0.4 is 10.2 Å². The van der Waals surface area contributed by atoms with E-state index in [4.69, 9.17) is 9.47 Å². The van der Waals surface area contributed by atoms with Gasteiger partial charge in [-0.2, -0.15) is 0 Å². The molecule has 21 heavy (non-hydrogen) atoms. The molecule has 1 aromatic rings. The molecule has 4 nitrogen and oxygen atoms in total. The highest BCUT2D eigenvalue weighted by Gasteiger charge is 2.06. The van der Waals surface area contributed by atoms with Crippen LogP contribution >= 0.6 is 0 Å². The number of anilines is 1. The summed E-state index contributed by atoms with van der Waals surface area (Å²) in [6, 6.07) is 8.74. The maximum atomic E-state index is 5.18. The lowest BCUT2D eigenvalue weighted by Crippen LogP contribution is -2.30. The Kier molecular flexibility index (Phi) is 9.06. The summed E-state index contributed by atoms with van der Waals surface area (Å²) in [7, 11) is 3.47. The second-order valence-corrected chi connectivity index (χ2v) is 5.66. The van der Waals surface area contributed by atoms with Gasteiger partial charge in [0, 0.05) is 39.5 Å². The van der Waals surface area contributed by atoms with Gasteiger partial charge in [-0.1, -0.05) is 26.0 Å². The third-order valence-corrected chi connectivity index (χ3v) is 3.31. The largest absolute Gasteiger partial charge is 0.383 e. The third kappa shape index (κ3) is 7.46. The summed E-state index contributed by atoms with van der Waals surface area (Å²) in [5.41, 5.74) is 2.54. The lowest BCUT2D eigenvalue weighted by molar-refractivity contribution is 0.190. The van der Waals surface area contributed by atoms with Crippen molar-refractivity contribution in [1.82, 2.24) is 5.32 Å². The molecule has 0 aliphatic heterocycles. The van der Waals surface area contributed by atoms with Crippen molar-refractivity contribution in [3.63, 3.8) is 0 Å². The van der Waals surface area contributed by atoms with E-state index in [0.29, 0.717) is 5.92 Å². The van der Waals surface area contributed by atoms with E-state index in [1.165, 1.54) is 11.3 Å². The summed E-state index contributed by atoms with van der Waals surface area (Å²) < 4.78 is 10.4. The van der Waals surface area contributed by atoms with Gasteiger partial charge in [0.15, 0.2) is 0 Å². The first-order valence-electron chi connectivity index (χ1n) is 7.69. The summed E-state index contributed by atoms with van der Waals surface area (Å²) in [5.74, 6) is 0.683. The van der Waals surface area contributed by atoms with Crippen molar-refractivity contribution in [2.24, 2.45) is 5.92 Å². The molecular weight excluding hydrogens is 264 g/mol. The number of hydrogen-bond donors (Lipinski definition) is 1. The fourth-order valence-corrected chi connectivity index (χ4v) is 2.10. The van der Waals surface area contributed by atoms with E-state index in [1.54, 1.807) is 14.2 Å². The molecule has 1 N–H and O–H groups in total. The van der Waals surface area contributed by atoms with Crippen LogP contribution in [0, 0.1) is 5.92 Å².